The second kappa shape index (κ2) is 7.26. The number of aromatic nitrogens is 1. The van der Waals surface area contributed by atoms with Crippen molar-refractivity contribution in [2.24, 2.45) is 0 Å². The molecule has 3 aromatic rings. The van der Waals surface area contributed by atoms with Gasteiger partial charge in [0.15, 0.2) is 0 Å². The van der Waals surface area contributed by atoms with Crippen LogP contribution >= 0.6 is 0 Å². The summed E-state index contributed by atoms with van der Waals surface area (Å²) in [5.41, 5.74) is 2.05. The van der Waals surface area contributed by atoms with Crippen molar-refractivity contribution in [1.29, 1.82) is 0 Å². The molecule has 2 heterocycles. The lowest BCUT2D eigenvalue weighted by atomic mass is 9.92. The van der Waals surface area contributed by atoms with Crippen LogP contribution in [0, 0.1) is 0 Å². The molecule has 0 aliphatic carbocycles. The average molecular weight is 402 g/mol. The molecule has 1 aromatic heterocycles. The number of nitrogens with zero attached hydrogens (tertiary/aromatic N) is 1. The van der Waals surface area contributed by atoms with Crippen molar-refractivity contribution in [2.75, 3.05) is 5.32 Å². The normalized spacial score (nSPS) is 18.4. The minimum absolute atomic E-state index is 0.175. The fourth-order valence-corrected chi connectivity index (χ4v) is 3.53. The van der Waals surface area contributed by atoms with Crippen LogP contribution in [0.4, 0.5) is 10.5 Å². The molecular formula is C23H22N4O3. The lowest BCUT2D eigenvalue weighted by Gasteiger charge is -2.21. The quantitative estimate of drug-likeness (QED) is 0.580. The molecule has 1 atom stereocenters. The minimum Gasteiger partial charge on any atom is -0.322 e. The Morgan fingerprint density at radius 3 is 2.53 bits per heavy atom. The van der Waals surface area contributed by atoms with Crippen molar-refractivity contribution in [3.8, 4) is 0 Å². The molecule has 2 aromatic carbocycles. The molecule has 7 heteroatoms. The Bertz CT molecular complexity index is 1190. The maximum Gasteiger partial charge on any atom is 0.322 e. The molecule has 1 aliphatic rings. The Labute approximate surface area is 173 Å². The molecule has 1 aliphatic heterocycles. The van der Waals surface area contributed by atoms with Crippen molar-refractivity contribution in [3.05, 3.63) is 71.4 Å². The first-order valence-electron chi connectivity index (χ1n) is 9.73. The van der Waals surface area contributed by atoms with Crippen molar-refractivity contribution < 1.29 is 14.4 Å². The molecule has 4 amide bonds. The number of para-hydroxylation sites is 1. The zero-order valence-corrected chi connectivity index (χ0v) is 16.9. The van der Waals surface area contributed by atoms with Crippen LogP contribution in [0.1, 0.15) is 48.3 Å². The largest absolute Gasteiger partial charge is 0.322 e. The fraction of sp³-hybridized carbons (Fsp3) is 0.217. The summed E-state index contributed by atoms with van der Waals surface area (Å²) in [6, 6.07) is 15.7. The number of carbonyl (C=O) groups is 3. The molecule has 30 heavy (non-hydrogen) atoms. The van der Waals surface area contributed by atoms with Gasteiger partial charge < -0.3 is 10.6 Å². The standard InChI is InChI=1S/C23H22N4O3/c1-13(2)19-12-17(16-9-4-5-10-18(16)25-19)20(28)24-15-8-6-7-14(11-15)23(3)21(29)26-22(30)27-23/h4-13H,1-3H3,(H,24,28)(H2,26,27,29,30). The SMILES string of the molecule is CC(C)c1cc(C(=O)Nc2cccc(C3(C)NC(=O)NC3=O)c2)c2ccccc2n1. The molecule has 1 unspecified atom stereocenters. The van der Waals surface area contributed by atoms with E-state index in [4.69, 9.17) is 0 Å². The topological polar surface area (TPSA) is 100 Å². The molecule has 0 saturated carbocycles. The number of fused-ring (bicyclic) bond motifs is 1. The average Bonchev–Trinajstić information content (AvgIpc) is 2.99. The molecule has 0 bridgehead atoms. The van der Waals surface area contributed by atoms with Gasteiger partial charge in [-0.05, 0) is 42.7 Å². The summed E-state index contributed by atoms with van der Waals surface area (Å²) in [5, 5.41) is 8.56. The third-order valence-corrected chi connectivity index (χ3v) is 5.31. The van der Waals surface area contributed by atoms with Gasteiger partial charge in [0.2, 0.25) is 0 Å². The van der Waals surface area contributed by atoms with E-state index < -0.39 is 17.5 Å². The Morgan fingerprint density at radius 1 is 1.07 bits per heavy atom. The predicted molar refractivity (Wildman–Crippen MR) is 114 cm³/mol. The number of hydrogen-bond donors (Lipinski definition) is 3. The summed E-state index contributed by atoms with van der Waals surface area (Å²) >= 11 is 0. The maximum absolute atomic E-state index is 13.1. The molecule has 0 spiro atoms. The van der Waals surface area contributed by atoms with Gasteiger partial charge in [-0.1, -0.05) is 44.2 Å². The number of pyridine rings is 1. The summed E-state index contributed by atoms with van der Waals surface area (Å²) < 4.78 is 0. The van der Waals surface area contributed by atoms with Gasteiger partial charge in [-0.3, -0.25) is 19.9 Å². The number of amides is 4. The van der Waals surface area contributed by atoms with E-state index in [0.29, 0.717) is 16.8 Å². The maximum atomic E-state index is 13.1. The summed E-state index contributed by atoms with van der Waals surface area (Å²) in [6.45, 7) is 5.69. The number of rotatable bonds is 4. The Hall–Kier alpha value is -3.74. The van der Waals surface area contributed by atoms with E-state index in [9.17, 15) is 14.4 Å². The van der Waals surface area contributed by atoms with Gasteiger partial charge in [-0.2, -0.15) is 0 Å². The van der Waals surface area contributed by atoms with Gasteiger partial charge in [0, 0.05) is 16.8 Å². The minimum atomic E-state index is -1.19. The molecule has 1 fully saturated rings. The number of anilines is 1. The molecule has 152 valence electrons. The first kappa shape index (κ1) is 19.6. The lowest BCUT2D eigenvalue weighted by molar-refractivity contribution is -0.123. The third kappa shape index (κ3) is 3.39. The highest BCUT2D eigenvalue weighted by Gasteiger charge is 2.43. The first-order chi connectivity index (χ1) is 14.3. The van der Waals surface area contributed by atoms with Gasteiger partial charge in [-0.25, -0.2) is 4.79 Å². The van der Waals surface area contributed by atoms with Gasteiger partial charge >= 0.3 is 6.03 Å². The third-order valence-electron chi connectivity index (χ3n) is 5.31. The Balaban J connectivity index is 1.69. The molecule has 4 rings (SSSR count). The van der Waals surface area contributed by atoms with Crippen molar-refractivity contribution in [2.45, 2.75) is 32.2 Å². The molecule has 7 nitrogen and oxygen atoms in total. The molecule has 1 saturated heterocycles. The zero-order valence-electron chi connectivity index (χ0n) is 16.9. The molecule has 0 radical (unpaired) electrons. The van der Waals surface area contributed by atoms with Crippen LogP contribution < -0.4 is 16.0 Å². The Morgan fingerprint density at radius 2 is 1.83 bits per heavy atom. The van der Waals surface area contributed by atoms with Crippen LogP contribution in [-0.2, 0) is 10.3 Å². The van der Waals surface area contributed by atoms with Crippen molar-refractivity contribution in [1.82, 2.24) is 15.6 Å². The van der Waals surface area contributed by atoms with Crippen LogP contribution in [0.25, 0.3) is 10.9 Å². The highest BCUT2D eigenvalue weighted by atomic mass is 16.2. The Kier molecular flexibility index (Phi) is 4.73. The van der Waals surface area contributed by atoms with Crippen LogP contribution in [0.15, 0.2) is 54.6 Å². The monoisotopic (exact) mass is 402 g/mol. The molecule has 3 N–H and O–H groups in total. The number of imide groups is 1. The van der Waals surface area contributed by atoms with Crippen LogP contribution in [-0.4, -0.2) is 22.8 Å². The highest BCUT2D eigenvalue weighted by Crippen LogP contribution is 2.28. The van der Waals surface area contributed by atoms with E-state index in [2.05, 4.69) is 20.9 Å². The summed E-state index contributed by atoms with van der Waals surface area (Å²) in [6.07, 6.45) is 0. The number of carbonyl (C=O) groups excluding carboxylic acids is 3. The summed E-state index contributed by atoms with van der Waals surface area (Å²) in [7, 11) is 0. The zero-order chi connectivity index (χ0) is 21.5. The molecular weight excluding hydrogens is 380 g/mol. The van der Waals surface area contributed by atoms with Crippen molar-refractivity contribution >= 4 is 34.4 Å². The van der Waals surface area contributed by atoms with Gasteiger partial charge in [0.25, 0.3) is 11.8 Å². The first-order valence-corrected chi connectivity index (χ1v) is 9.73. The summed E-state index contributed by atoms with van der Waals surface area (Å²) in [5.74, 6) is -0.524. The van der Waals surface area contributed by atoms with Gasteiger partial charge in [0.05, 0.1) is 11.1 Å². The van der Waals surface area contributed by atoms with Gasteiger partial charge in [-0.15, -0.1) is 0 Å². The van der Waals surface area contributed by atoms with E-state index >= 15 is 0 Å². The van der Waals surface area contributed by atoms with E-state index in [0.717, 1.165) is 16.6 Å². The van der Waals surface area contributed by atoms with Crippen LogP contribution in [0.5, 0.6) is 0 Å². The number of benzene rings is 2. The number of urea groups is 1. The lowest BCUT2D eigenvalue weighted by Crippen LogP contribution is -2.40. The van der Waals surface area contributed by atoms with Crippen LogP contribution in [0.3, 0.4) is 0 Å². The van der Waals surface area contributed by atoms with E-state index in [1.165, 1.54) is 0 Å². The predicted octanol–water partition coefficient (Wildman–Crippen LogP) is 3.67. The summed E-state index contributed by atoms with van der Waals surface area (Å²) in [4.78, 5) is 41.6. The van der Waals surface area contributed by atoms with Gasteiger partial charge in [0.1, 0.15) is 5.54 Å². The van der Waals surface area contributed by atoms with Crippen molar-refractivity contribution in [3.63, 3.8) is 0 Å². The van der Waals surface area contributed by atoms with Crippen LogP contribution in [0.2, 0.25) is 0 Å². The van der Waals surface area contributed by atoms with E-state index in [-0.39, 0.29) is 11.8 Å². The smallest absolute Gasteiger partial charge is 0.322 e. The van der Waals surface area contributed by atoms with E-state index in [1.807, 2.05) is 44.2 Å². The number of nitrogens with one attached hydrogen (secondary N) is 3. The highest BCUT2D eigenvalue weighted by molar-refractivity contribution is 6.12. The second-order valence-corrected chi connectivity index (χ2v) is 7.83. The van der Waals surface area contributed by atoms with E-state index in [1.54, 1.807) is 31.2 Å². The fourth-order valence-electron chi connectivity index (χ4n) is 3.53. The number of hydrogen-bond acceptors (Lipinski definition) is 4. The second-order valence-electron chi connectivity index (χ2n) is 7.83.